The lowest BCUT2D eigenvalue weighted by Gasteiger charge is -2.26. The van der Waals surface area contributed by atoms with Crippen LogP contribution in [0.2, 0.25) is 0 Å². The summed E-state index contributed by atoms with van der Waals surface area (Å²) in [7, 11) is 0. The minimum Gasteiger partial charge on any atom is -0.376 e. The summed E-state index contributed by atoms with van der Waals surface area (Å²) < 4.78 is 5.42. The van der Waals surface area contributed by atoms with Crippen LogP contribution in [0.1, 0.15) is 19.3 Å². The summed E-state index contributed by atoms with van der Waals surface area (Å²) in [6.45, 7) is 3.53. The predicted octanol–water partition coefficient (Wildman–Crippen LogP) is -0.109. The van der Waals surface area contributed by atoms with Crippen molar-refractivity contribution in [2.24, 2.45) is 5.92 Å². The fraction of sp³-hybridized carbons (Fsp3) is 0.900. The van der Waals surface area contributed by atoms with E-state index in [1.807, 2.05) is 0 Å². The van der Waals surface area contributed by atoms with Gasteiger partial charge in [0.15, 0.2) is 0 Å². The number of amides is 1. The molecule has 1 atom stereocenters. The zero-order valence-corrected chi connectivity index (χ0v) is 8.42. The highest BCUT2D eigenvalue weighted by molar-refractivity contribution is 5.76. The lowest BCUT2D eigenvalue weighted by atomic mass is 9.99. The summed E-state index contributed by atoms with van der Waals surface area (Å²) in [6.07, 6.45) is 3.15. The SMILES string of the molecule is O=C(CC1CNC1)NCC1CCCO1. The lowest BCUT2D eigenvalue weighted by molar-refractivity contribution is -0.122. The molecule has 2 N–H and O–H groups in total. The van der Waals surface area contributed by atoms with E-state index < -0.39 is 0 Å². The Labute approximate surface area is 84.4 Å². The molecule has 0 radical (unpaired) electrons. The smallest absolute Gasteiger partial charge is 0.220 e. The van der Waals surface area contributed by atoms with E-state index in [9.17, 15) is 4.79 Å². The highest BCUT2D eigenvalue weighted by atomic mass is 16.5. The molecule has 0 spiro atoms. The van der Waals surface area contributed by atoms with E-state index in [1.54, 1.807) is 0 Å². The van der Waals surface area contributed by atoms with Gasteiger partial charge in [-0.25, -0.2) is 0 Å². The van der Waals surface area contributed by atoms with Gasteiger partial charge in [0.2, 0.25) is 5.91 Å². The zero-order chi connectivity index (χ0) is 9.80. The molecule has 2 aliphatic rings. The average molecular weight is 198 g/mol. The normalized spacial score (nSPS) is 27.3. The Hall–Kier alpha value is -0.610. The van der Waals surface area contributed by atoms with Crippen LogP contribution in [0, 0.1) is 5.92 Å². The third-order valence-electron chi connectivity index (χ3n) is 2.89. The first kappa shape index (κ1) is 9.93. The molecule has 4 heteroatoms. The summed E-state index contributed by atoms with van der Waals surface area (Å²) in [5, 5.41) is 6.09. The van der Waals surface area contributed by atoms with Crippen LogP contribution < -0.4 is 10.6 Å². The number of ether oxygens (including phenoxy) is 1. The monoisotopic (exact) mass is 198 g/mol. The van der Waals surface area contributed by atoms with Crippen molar-refractivity contribution in [1.82, 2.24) is 10.6 Å². The van der Waals surface area contributed by atoms with E-state index in [0.717, 1.165) is 32.5 Å². The molecule has 2 saturated heterocycles. The summed E-state index contributed by atoms with van der Waals surface area (Å²) in [6, 6.07) is 0. The summed E-state index contributed by atoms with van der Waals surface area (Å²) in [5.74, 6) is 0.728. The largest absolute Gasteiger partial charge is 0.376 e. The van der Waals surface area contributed by atoms with Crippen LogP contribution in [-0.2, 0) is 9.53 Å². The Morgan fingerprint density at radius 3 is 2.93 bits per heavy atom. The maximum atomic E-state index is 11.4. The number of carbonyl (C=O) groups excluding carboxylic acids is 1. The van der Waals surface area contributed by atoms with Crippen molar-refractivity contribution in [1.29, 1.82) is 0 Å². The first-order chi connectivity index (χ1) is 6.84. The molecule has 2 heterocycles. The molecule has 1 unspecified atom stereocenters. The Bertz CT molecular complexity index is 198. The molecule has 80 valence electrons. The van der Waals surface area contributed by atoms with Gasteiger partial charge in [0, 0.05) is 19.6 Å². The zero-order valence-electron chi connectivity index (χ0n) is 8.42. The second kappa shape index (κ2) is 4.75. The van der Waals surface area contributed by atoms with Crippen LogP contribution in [0.3, 0.4) is 0 Å². The number of rotatable bonds is 4. The summed E-state index contributed by atoms with van der Waals surface area (Å²) >= 11 is 0. The van der Waals surface area contributed by atoms with Crippen LogP contribution in [0.5, 0.6) is 0 Å². The Morgan fingerprint density at radius 1 is 1.50 bits per heavy atom. The third kappa shape index (κ3) is 2.69. The molecule has 0 aromatic heterocycles. The number of carbonyl (C=O) groups is 1. The van der Waals surface area contributed by atoms with Gasteiger partial charge in [-0.3, -0.25) is 4.79 Å². The molecule has 0 bridgehead atoms. The van der Waals surface area contributed by atoms with Crippen molar-refractivity contribution in [2.45, 2.75) is 25.4 Å². The molecule has 1 amide bonds. The standard InChI is InChI=1S/C10H18N2O2/c13-10(4-8-5-11-6-8)12-7-9-2-1-3-14-9/h8-9,11H,1-7H2,(H,12,13). The molecule has 4 nitrogen and oxygen atoms in total. The summed E-state index contributed by atoms with van der Waals surface area (Å²) in [4.78, 5) is 11.4. The van der Waals surface area contributed by atoms with Gasteiger partial charge in [-0.1, -0.05) is 0 Å². The van der Waals surface area contributed by atoms with Gasteiger partial charge < -0.3 is 15.4 Å². The first-order valence-electron chi connectivity index (χ1n) is 5.43. The van der Waals surface area contributed by atoms with E-state index in [1.165, 1.54) is 0 Å². The van der Waals surface area contributed by atoms with Crippen molar-refractivity contribution >= 4 is 5.91 Å². The van der Waals surface area contributed by atoms with E-state index in [2.05, 4.69) is 10.6 Å². The van der Waals surface area contributed by atoms with Crippen molar-refractivity contribution < 1.29 is 9.53 Å². The van der Waals surface area contributed by atoms with Crippen LogP contribution in [0.4, 0.5) is 0 Å². The fourth-order valence-electron chi connectivity index (χ4n) is 1.86. The van der Waals surface area contributed by atoms with E-state index in [0.29, 0.717) is 18.9 Å². The highest BCUT2D eigenvalue weighted by Gasteiger charge is 2.21. The van der Waals surface area contributed by atoms with Crippen molar-refractivity contribution in [3.63, 3.8) is 0 Å². The Balaban J connectivity index is 1.57. The predicted molar refractivity (Wildman–Crippen MR) is 53.0 cm³/mol. The number of nitrogens with one attached hydrogen (secondary N) is 2. The van der Waals surface area contributed by atoms with Gasteiger partial charge in [-0.15, -0.1) is 0 Å². The van der Waals surface area contributed by atoms with E-state index in [4.69, 9.17) is 4.74 Å². The molecule has 2 rings (SSSR count). The molecule has 2 aliphatic heterocycles. The van der Waals surface area contributed by atoms with E-state index >= 15 is 0 Å². The van der Waals surface area contributed by atoms with Gasteiger partial charge in [-0.05, 0) is 31.8 Å². The maximum absolute atomic E-state index is 11.4. The van der Waals surface area contributed by atoms with Crippen molar-refractivity contribution in [3.05, 3.63) is 0 Å². The molecular formula is C10H18N2O2. The van der Waals surface area contributed by atoms with Crippen LogP contribution in [0.15, 0.2) is 0 Å². The Kier molecular flexibility index (Phi) is 3.37. The average Bonchev–Trinajstić information content (AvgIpc) is 2.60. The minimum atomic E-state index is 0.173. The van der Waals surface area contributed by atoms with Gasteiger partial charge in [0.25, 0.3) is 0 Å². The van der Waals surface area contributed by atoms with Crippen molar-refractivity contribution in [3.8, 4) is 0 Å². The molecule has 0 saturated carbocycles. The van der Waals surface area contributed by atoms with Gasteiger partial charge in [0.1, 0.15) is 0 Å². The minimum absolute atomic E-state index is 0.173. The highest BCUT2D eigenvalue weighted by Crippen LogP contribution is 2.11. The number of hydrogen-bond donors (Lipinski definition) is 2. The van der Waals surface area contributed by atoms with Gasteiger partial charge in [0.05, 0.1) is 6.10 Å². The van der Waals surface area contributed by atoms with Crippen LogP contribution in [-0.4, -0.2) is 38.3 Å². The lowest BCUT2D eigenvalue weighted by Crippen LogP contribution is -2.45. The van der Waals surface area contributed by atoms with Crippen molar-refractivity contribution in [2.75, 3.05) is 26.2 Å². The maximum Gasteiger partial charge on any atom is 0.220 e. The molecule has 0 aromatic rings. The third-order valence-corrected chi connectivity index (χ3v) is 2.89. The summed E-state index contributed by atoms with van der Waals surface area (Å²) in [5.41, 5.74) is 0. The van der Waals surface area contributed by atoms with Crippen LogP contribution >= 0.6 is 0 Å². The second-order valence-corrected chi connectivity index (χ2v) is 4.17. The quantitative estimate of drug-likeness (QED) is 0.663. The van der Waals surface area contributed by atoms with Crippen LogP contribution in [0.25, 0.3) is 0 Å². The topological polar surface area (TPSA) is 50.4 Å². The molecule has 0 aliphatic carbocycles. The second-order valence-electron chi connectivity index (χ2n) is 4.17. The number of hydrogen-bond acceptors (Lipinski definition) is 3. The van der Waals surface area contributed by atoms with E-state index in [-0.39, 0.29) is 12.0 Å². The Morgan fingerprint density at radius 2 is 2.36 bits per heavy atom. The first-order valence-corrected chi connectivity index (χ1v) is 5.43. The van der Waals surface area contributed by atoms with Gasteiger partial charge in [-0.2, -0.15) is 0 Å². The molecule has 14 heavy (non-hydrogen) atoms. The molecule has 0 aromatic carbocycles. The molecular weight excluding hydrogens is 180 g/mol. The molecule has 2 fully saturated rings. The fourth-order valence-corrected chi connectivity index (χ4v) is 1.86. The van der Waals surface area contributed by atoms with Gasteiger partial charge >= 0.3 is 0 Å².